The number of carbonyl (C=O) groups is 1. The summed E-state index contributed by atoms with van der Waals surface area (Å²) < 4.78 is 22.0. The Hall–Kier alpha value is -0.330. The molecule has 0 saturated heterocycles. The summed E-state index contributed by atoms with van der Waals surface area (Å²) in [7, 11) is -2.98. The molecule has 1 aliphatic rings. The van der Waals surface area contributed by atoms with Crippen molar-refractivity contribution in [3.05, 3.63) is 0 Å². The lowest BCUT2D eigenvalue weighted by Gasteiger charge is -2.30. The summed E-state index contributed by atoms with van der Waals surface area (Å²) in [6.07, 6.45) is 7.79. The number of carbonyl (C=O) groups excluding carboxylic acids is 1. The number of nitrogens with one attached hydrogen (secondary N) is 1. The second kappa shape index (κ2) is 9.58. The molecular formula is C13H27ClN2O3S. The zero-order valence-electron chi connectivity index (χ0n) is 12.1. The fourth-order valence-corrected chi connectivity index (χ4v) is 3.35. The summed E-state index contributed by atoms with van der Waals surface area (Å²) in [6.45, 7) is 0.461. The number of amides is 1. The Bertz CT molecular complexity index is 381. The quantitative estimate of drug-likeness (QED) is 0.737. The van der Waals surface area contributed by atoms with Crippen LogP contribution in [0.2, 0.25) is 0 Å². The second-order valence-electron chi connectivity index (χ2n) is 5.54. The van der Waals surface area contributed by atoms with Crippen molar-refractivity contribution in [1.82, 2.24) is 5.32 Å². The van der Waals surface area contributed by atoms with Gasteiger partial charge in [-0.2, -0.15) is 0 Å². The van der Waals surface area contributed by atoms with Crippen molar-refractivity contribution in [2.45, 2.75) is 51.0 Å². The maximum absolute atomic E-state index is 11.8. The van der Waals surface area contributed by atoms with E-state index in [4.69, 9.17) is 5.73 Å². The molecule has 20 heavy (non-hydrogen) atoms. The fraction of sp³-hybridized carbons (Fsp3) is 0.923. The Kier molecular flexibility index (Phi) is 9.42. The molecule has 0 heterocycles. The van der Waals surface area contributed by atoms with Crippen LogP contribution in [0, 0.1) is 5.92 Å². The zero-order chi connectivity index (χ0) is 14.3. The molecule has 1 aliphatic carbocycles. The van der Waals surface area contributed by atoms with Crippen LogP contribution in [0.4, 0.5) is 0 Å². The van der Waals surface area contributed by atoms with Crippen LogP contribution in [-0.4, -0.2) is 38.9 Å². The average molecular weight is 327 g/mol. The molecule has 0 aromatic heterocycles. The zero-order valence-corrected chi connectivity index (χ0v) is 13.8. The van der Waals surface area contributed by atoms with Gasteiger partial charge in [-0.1, -0.05) is 19.3 Å². The van der Waals surface area contributed by atoms with Crippen molar-refractivity contribution < 1.29 is 13.2 Å². The monoisotopic (exact) mass is 326 g/mol. The second-order valence-corrected chi connectivity index (χ2v) is 7.80. The molecule has 0 bridgehead atoms. The first kappa shape index (κ1) is 19.7. The Balaban J connectivity index is 0.00000361. The van der Waals surface area contributed by atoms with Crippen molar-refractivity contribution >= 4 is 28.2 Å². The molecule has 0 aromatic carbocycles. The van der Waals surface area contributed by atoms with Gasteiger partial charge in [0.15, 0.2) is 0 Å². The van der Waals surface area contributed by atoms with Gasteiger partial charge in [0, 0.05) is 25.3 Å². The third-order valence-corrected chi connectivity index (χ3v) is 4.77. The molecule has 1 saturated carbocycles. The predicted molar refractivity (Wildman–Crippen MR) is 83.8 cm³/mol. The first-order valence-corrected chi connectivity index (χ1v) is 9.15. The largest absolute Gasteiger partial charge is 0.352 e. The van der Waals surface area contributed by atoms with E-state index in [9.17, 15) is 13.2 Å². The number of sulfone groups is 1. The average Bonchev–Trinajstić information content (AvgIpc) is 2.35. The molecule has 1 amide bonds. The van der Waals surface area contributed by atoms with E-state index in [0.717, 1.165) is 12.8 Å². The molecule has 1 fully saturated rings. The lowest BCUT2D eigenvalue weighted by molar-refractivity contribution is -0.122. The summed E-state index contributed by atoms with van der Waals surface area (Å²) in [5, 5.41) is 2.96. The van der Waals surface area contributed by atoms with Gasteiger partial charge in [0.2, 0.25) is 5.91 Å². The van der Waals surface area contributed by atoms with Crippen LogP contribution in [0.5, 0.6) is 0 Å². The molecule has 1 atom stereocenters. The molecule has 3 N–H and O–H groups in total. The highest BCUT2D eigenvalue weighted by atomic mass is 35.5. The van der Waals surface area contributed by atoms with E-state index in [1.54, 1.807) is 0 Å². The highest BCUT2D eigenvalue weighted by Crippen LogP contribution is 2.26. The predicted octanol–water partition coefficient (Wildman–Crippen LogP) is 1.26. The standard InChI is InChI=1S/C13H26N2O3S.ClH/c1-19(17,18)9-5-8-13(16)15-12(10-14)11-6-3-2-4-7-11;/h11-12H,2-10,14H2,1H3,(H,15,16);1H. The Morgan fingerprint density at radius 1 is 1.30 bits per heavy atom. The molecular weight excluding hydrogens is 300 g/mol. The van der Waals surface area contributed by atoms with Gasteiger partial charge in [-0.25, -0.2) is 8.42 Å². The summed E-state index contributed by atoms with van der Waals surface area (Å²) in [5.74, 6) is 0.471. The summed E-state index contributed by atoms with van der Waals surface area (Å²) in [4.78, 5) is 11.8. The van der Waals surface area contributed by atoms with E-state index in [-0.39, 0.29) is 36.5 Å². The minimum atomic E-state index is -2.98. The normalized spacial score (nSPS) is 18.1. The van der Waals surface area contributed by atoms with Gasteiger partial charge in [-0.05, 0) is 25.2 Å². The summed E-state index contributed by atoms with van der Waals surface area (Å²) >= 11 is 0. The Morgan fingerprint density at radius 3 is 2.40 bits per heavy atom. The Labute approximate surface area is 128 Å². The smallest absolute Gasteiger partial charge is 0.220 e. The van der Waals surface area contributed by atoms with Gasteiger partial charge in [-0.15, -0.1) is 12.4 Å². The van der Waals surface area contributed by atoms with Crippen molar-refractivity contribution in [1.29, 1.82) is 0 Å². The van der Waals surface area contributed by atoms with Crippen LogP contribution in [0.3, 0.4) is 0 Å². The van der Waals surface area contributed by atoms with E-state index >= 15 is 0 Å². The lowest BCUT2D eigenvalue weighted by Crippen LogP contribution is -2.45. The van der Waals surface area contributed by atoms with Crippen molar-refractivity contribution in [2.24, 2.45) is 11.7 Å². The topological polar surface area (TPSA) is 89.3 Å². The van der Waals surface area contributed by atoms with Crippen molar-refractivity contribution in [2.75, 3.05) is 18.6 Å². The van der Waals surface area contributed by atoms with Crippen molar-refractivity contribution in [3.63, 3.8) is 0 Å². The molecule has 0 aliphatic heterocycles. The molecule has 0 spiro atoms. The Morgan fingerprint density at radius 2 is 1.90 bits per heavy atom. The minimum Gasteiger partial charge on any atom is -0.352 e. The van der Waals surface area contributed by atoms with Crippen LogP contribution in [0.1, 0.15) is 44.9 Å². The first-order valence-electron chi connectivity index (χ1n) is 7.09. The third kappa shape index (κ3) is 8.07. The number of halogens is 1. The van der Waals surface area contributed by atoms with Crippen LogP contribution in [0.15, 0.2) is 0 Å². The van der Waals surface area contributed by atoms with E-state index < -0.39 is 9.84 Å². The number of rotatable bonds is 7. The summed E-state index contributed by atoms with van der Waals surface area (Å²) in [6, 6.07) is 0.0473. The molecule has 120 valence electrons. The summed E-state index contributed by atoms with van der Waals surface area (Å²) in [5.41, 5.74) is 5.74. The van der Waals surface area contributed by atoms with E-state index in [0.29, 0.717) is 18.9 Å². The van der Waals surface area contributed by atoms with Gasteiger partial charge in [0.1, 0.15) is 9.84 Å². The minimum absolute atomic E-state index is 0. The fourth-order valence-electron chi connectivity index (χ4n) is 2.68. The number of nitrogens with two attached hydrogens (primary N) is 1. The van der Waals surface area contributed by atoms with Crippen LogP contribution in [-0.2, 0) is 14.6 Å². The maximum Gasteiger partial charge on any atom is 0.220 e. The number of hydrogen-bond acceptors (Lipinski definition) is 4. The molecule has 0 radical (unpaired) electrons. The van der Waals surface area contributed by atoms with Crippen LogP contribution >= 0.6 is 12.4 Å². The van der Waals surface area contributed by atoms with Crippen molar-refractivity contribution in [3.8, 4) is 0 Å². The number of hydrogen-bond donors (Lipinski definition) is 2. The van der Waals surface area contributed by atoms with E-state index in [1.165, 1.54) is 25.5 Å². The van der Waals surface area contributed by atoms with Crippen LogP contribution in [0.25, 0.3) is 0 Å². The lowest BCUT2D eigenvalue weighted by atomic mass is 9.84. The van der Waals surface area contributed by atoms with E-state index in [1.807, 2.05) is 0 Å². The molecule has 0 aromatic rings. The molecule has 5 nitrogen and oxygen atoms in total. The van der Waals surface area contributed by atoms with Gasteiger partial charge in [0.05, 0.1) is 5.75 Å². The van der Waals surface area contributed by atoms with Gasteiger partial charge >= 0.3 is 0 Å². The van der Waals surface area contributed by atoms with E-state index in [2.05, 4.69) is 5.32 Å². The highest BCUT2D eigenvalue weighted by molar-refractivity contribution is 7.90. The van der Waals surface area contributed by atoms with Gasteiger partial charge in [0.25, 0.3) is 0 Å². The molecule has 7 heteroatoms. The highest BCUT2D eigenvalue weighted by Gasteiger charge is 2.23. The van der Waals surface area contributed by atoms with Crippen LogP contribution < -0.4 is 11.1 Å². The first-order chi connectivity index (χ1) is 8.92. The van der Waals surface area contributed by atoms with Gasteiger partial charge in [-0.3, -0.25) is 4.79 Å². The van der Waals surface area contributed by atoms with Gasteiger partial charge < -0.3 is 11.1 Å². The molecule has 1 unspecified atom stereocenters. The molecule has 1 rings (SSSR count). The third-order valence-electron chi connectivity index (χ3n) is 3.74. The SMILES string of the molecule is CS(=O)(=O)CCCC(=O)NC(CN)C1CCCCC1.Cl. The maximum atomic E-state index is 11.8.